The van der Waals surface area contributed by atoms with Crippen LogP contribution >= 0.6 is 12.4 Å². The van der Waals surface area contributed by atoms with Crippen LogP contribution in [0.5, 0.6) is 0 Å². The lowest BCUT2D eigenvalue weighted by Crippen LogP contribution is -2.38. The van der Waals surface area contributed by atoms with Crippen LogP contribution in [-0.2, 0) is 9.47 Å². The van der Waals surface area contributed by atoms with E-state index in [1.807, 2.05) is 42.5 Å². The number of amides is 1. The molecule has 124 valence electrons. The molecule has 0 saturated carbocycles. The summed E-state index contributed by atoms with van der Waals surface area (Å²) in [6, 6.07) is 13.8. The number of hydrogen-bond acceptors (Lipinski definition) is 4. The predicted octanol–water partition coefficient (Wildman–Crippen LogP) is 3.14. The highest BCUT2D eigenvalue weighted by Crippen LogP contribution is 2.22. The van der Waals surface area contributed by atoms with E-state index in [0.717, 1.165) is 49.3 Å². The summed E-state index contributed by atoms with van der Waals surface area (Å²) >= 11 is 0. The number of carbonyl (C=O) groups excluding carboxylic acids is 1. The topological polar surface area (TPSA) is 50.8 Å². The first kappa shape index (κ1) is 17.5. The molecule has 2 aromatic carbocycles. The molecule has 1 aliphatic heterocycles. The molecule has 1 heterocycles. The number of nitrogens with one attached hydrogen (secondary N) is 1. The summed E-state index contributed by atoms with van der Waals surface area (Å²) < 4.78 is 10.6. The summed E-state index contributed by atoms with van der Waals surface area (Å²) in [6.45, 7) is 4.43. The van der Waals surface area contributed by atoms with Crippen LogP contribution in [0.4, 0.5) is 10.5 Å². The van der Waals surface area contributed by atoms with E-state index in [4.69, 9.17) is 9.47 Å². The Morgan fingerprint density at radius 3 is 2.70 bits per heavy atom. The van der Waals surface area contributed by atoms with Gasteiger partial charge in [0.05, 0.1) is 18.9 Å². The molecule has 0 aromatic heterocycles. The van der Waals surface area contributed by atoms with Crippen LogP contribution in [0.2, 0.25) is 0 Å². The number of halogens is 1. The normalized spacial score (nSPS) is 15.0. The molecule has 0 aliphatic carbocycles. The first-order chi connectivity index (χ1) is 10.8. The molecule has 2 aromatic rings. The summed E-state index contributed by atoms with van der Waals surface area (Å²) in [5.41, 5.74) is 0.773. The fourth-order valence-electron chi connectivity index (χ4n) is 2.57. The second-order valence-corrected chi connectivity index (χ2v) is 5.24. The molecule has 5 nitrogen and oxygen atoms in total. The third-order valence-corrected chi connectivity index (χ3v) is 3.77. The fraction of sp³-hybridized carbons (Fsp3) is 0.353. The molecule has 23 heavy (non-hydrogen) atoms. The number of morpholine rings is 1. The number of hydrogen-bond donors (Lipinski definition) is 1. The van der Waals surface area contributed by atoms with Crippen molar-refractivity contribution < 1.29 is 14.3 Å². The quantitative estimate of drug-likeness (QED) is 0.932. The first-order valence-corrected chi connectivity index (χ1v) is 7.54. The smallest absolute Gasteiger partial charge is 0.411 e. The average Bonchev–Trinajstić information content (AvgIpc) is 2.56. The lowest BCUT2D eigenvalue weighted by Gasteiger charge is -2.26. The van der Waals surface area contributed by atoms with Crippen LogP contribution in [0.1, 0.15) is 0 Å². The minimum absolute atomic E-state index is 0. The van der Waals surface area contributed by atoms with E-state index in [2.05, 4.69) is 10.2 Å². The highest BCUT2D eigenvalue weighted by Gasteiger charge is 2.11. The van der Waals surface area contributed by atoms with Crippen LogP contribution in [0.15, 0.2) is 42.5 Å². The van der Waals surface area contributed by atoms with E-state index < -0.39 is 6.09 Å². The maximum Gasteiger partial charge on any atom is 0.411 e. The SMILES string of the molecule is Cl.O=C(Nc1cccc2ccccc12)OCCN1CCOCC1. The summed E-state index contributed by atoms with van der Waals surface area (Å²) in [6.07, 6.45) is -0.412. The van der Waals surface area contributed by atoms with Crippen LogP contribution in [0, 0.1) is 0 Å². The Balaban J connectivity index is 0.00000192. The molecule has 6 heteroatoms. The van der Waals surface area contributed by atoms with Gasteiger partial charge in [-0.15, -0.1) is 12.4 Å². The summed E-state index contributed by atoms with van der Waals surface area (Å²) in [4.78, 5) is 14.2. The standard InChI is InChI=1S/C17H20N2O3.ClH/c20-17(22-13-10-19-8-11-21-12-9-19)18-16-7-3-5-14-4-1-2-6-15(14)16;/h1-7H,8-13H2,(H,18,20);1H. The highest BCUT2D eigenvalue weighted by molar-refractivity contribution is 6.00. The van der Waals surface area contributed by atoms with Crippen molar-refractivity contribution in [1.29, 1.82) is 0 Å². The van der Waals surface area contributed by atoms with Crippen molar-refractivity contribution in [2.75, 3.05) is 44.8 Å². The molecule has 3 rings (SSSR count). The van der Waals surface area contributed by atoms with E-state index in [1.165, 1.54) is 0 Å². The van der Waals surface area contributed by atoms with Crippen molar-refractivity contribution >= 4 is 35.0 Å². The minimum Gasteiger partial charge on any atom is -0.448 e. The number of nitrogens with zero attached hydrogens (tertiary/aromatic N) is 1. The number of benzene rings is 2. The van der Waals surface area contributed by atoms with Crippen LogP contribution in [0.3, 0.4) is 0 Å². The lowest BCUT2D eigenvalue weighted by atomic mass is 10.1. The molecular weight excluding hydrogens is 316 g/mol. The molecule has 0 atom stereocenters. The molecular formula is C17H21ClN2O3. The fourth-order valence-corrected chi connectivity index (χ4v) is 2.57. The average molecular weight is 337 g/mol. The summed E-state index contributed by atoms with van der Waals surface area (Å²) in [5.74, 6) is 0. The van der Waals surface area contributed by atoms with Gasteiger partial charge in [0, 0.05) is 25.0 Å². The maximum atomic E-state index is 11.9. The van der Waals surface area contributed by atoms with Crippen LogP contribution in [-0.4, -0.2) is 50.4 Å². The molecule has 1 amide bonds. The largest absolute Gasteiger partial charge is 0.448 e. The Labute approximate surface area is 142 Å². The minimum atomic E-state index is -0.412. The number of fused-ring (bicyclic) bond motifs is 1. The van der Waals surface area contributed by atoms with Gasteiger partial charge in [-0.1, -0.05) is 36.4 Å². The Morgan fingerprint density at radius 2 is 1.87 bits per heavy atom. The van der Waals surface area contributed by atoms with Gasteiger partial charge in [0.15, 0.2) is 0 Å². The van der Waals surface area contributed by atoms with E-state index in [0.29, 0.717) is 6.61 Å². The van der Waals surface area contributed by atoms with E-state index >= 15 is 0 Å². The molecule has 0 bridgehead atoms. The van der Waals surface area contributed by atoms with Gasteiger partial charge in [-0.05, 0) is 11.5 Å². The third-order valence-electron chi connectivity index (χ3n) is 3.77. The van der Waals surface area contributed by atoms with Crippen molar-refractivity contribution in [3.8, 4) is 0 Å². The van der Waals surface area contributed by atoms with Crippen LogP contribution < -0.4 is 5.32 Å². The summed E-state index contributed by atoms with van der Waals surface area (Å²) in [5, 5.41) is 4.92. The maximum absolute atomic E-state index is 11.9. The Bertz CT molecular complexity index is 639. The Morgan fingerprint density at radius 1 is 1.13 bits per heavy atom. The lowest BCUT2D eigenvalue weighted by molar-refractivity contribution is 0.0290. The zero-order valence-electron chi connectivity index (χ0n) is 12.9. The summed E-state index contributed by atoms with van der Waals surface area (Å²) in [7, 11) is 0. The van der Waals surface area contributed by atoms with Crippen LogP contribution in [0.25, 0.3) is 10.8 Å². The third kappa shape index (κ3) is 4.82. The Kier molecular flexibility index (Phi) is 6.65. The van der Waals surface area contributed by atoms with Gasteiger partial charge in [0.25, 0.3) is 0 Å². The van der Waals surface area contributed by atoms with Crippen molar-refractivity contribution in [2.45, 2.75) is 0 Å². The second kappa shape index (κ2) is 8.72. The van der Waals surface area contributed by atoms with Crippen molar-refractivity contribution in [3.05, 3.63) is 42.5 Å². The molecule has 1 saturated heterocycles. The first-order valence-electron chi connectivity index (χ1n) is 7.54. The molecule has 0 spiro atoms. The zero-order chi connectivity index (χ0) is 15.2. The molecule has 1 aliphatic rings. The van der Waals surface area contributed by atoms with E-state index in [9.17, 15) is 4.79 Å². The molecule has 1 N–H and O–H groups in total. The van der Waals surface area contributed by atoms with E-state index in [1.54, 1.807) is 0 Å². The highest BCUT2D eigenvalue weighted by atomic mass is 35.5. The number of rotatable bonds is 4. The van der Waals surface area contributed by atoms with Crippen molar-refractivity contribution in [3.63, 3.8) is 0 Å². The van der Waals surface area contributed by atoms with Crippen molar-refractivity contribution in [1.82, 2.24) is 4.90 Å². The predicted molar refractivity (Wildman–Crippen MR) is 93.4 cm³/mol. The van der Waals surface area contributed by atoms with Gasteiger partial charge < -0.3 is 9.47 Å². The van der Waals surface area contributed by atoms with Gasteiger partial charge in [-0.25, -0.2) is 4.79 Å². The number of carbonyl (C=O) groups is 1. The zero-order valence-corrected chi connectivity index (χ0v) is 13.7. The molecule has 1 fully saturated rings. The van der Waals surface area contributed by atoms with Gasteiger partial charge >= 0.3 is 6.09 Å². The monoisotopic (exact) mass is 336 g/mol. The number of anilines is 1. The van der Waals surface area contributed by atoms with Gasteiger partial charge in [-0.2, -0.15) is 0 Å². The van der Waals surface area contributed by atoms with E-state index in [-0.39, 0.29) is 12.4 Å². The Hall–Kier alpha value is -1.82. The van der Waals surface area contributed by atoms with Gasteiger partial charge in [0.2, 0.25) is 0 Å². The molecule has 0 radical (unpaired) electrons. The molecule has 0 unspecified atom stereocenters. The number of ether oxygens (including phenoxy) is 2. The van der Waals surface area contributed by atoms with Crippen molar-refractivity contribution in [2.24, 2.45) is 0 Å². The van der Waals surface area contributed by atoms with Gasteiger partial charge in [-0.3, -0.25) is 10.2 Å². The second-order valence-electron chi connectivity index (χ2n) is 5.24. The van der Waals surface area contributed by atoms with Gasteiger partial charge in [0.1, 0.15) is 6.61 Å².